The van der Waals surface area contributed by atoms with E-state index in [2.05, 4.69) is 4.74 Å². The molecule has 1 aromatic carbocycles. The van der Waals surface area contributed by atoms with Gasteiger partial charge in [-0.1, -0.05) is 18.2 Å². The molecule has 136 valence electrons. The lowest BCUT2D eigenvalue weighted by molar-refractivity contribution is -0.305. The summed E-state index contributed by atoms with van der Waals surface area (Å²) in [5, 5.41) is 1.69. The predicted molar refractivity (Wildman–Crippen MR) is 81.3 cm³/mol. The molecule has 0 unspecified atom stereocenters. The zero-order valence-corrected chi connectivity index (χ0v) is 13.5. The number of anilines is 1. The smallest absolute Gasteiger partial charge is 0.335 e. The first kappa shape index (κ1) is 18.7. The molecule has 1 aromatic heterocycles. The van der Waals surface area contributed by atoms with Crippen molar-refractivity contribution in [3.8, 4) is 5.69 Å². The number of carbonyl (C=O) groups excluding carboxylic acids is 1. The molecule has 25 heavy (non-hydrogen) atoms. The zero-order valence-electron chi connectivity index (χ0n) is 13.5. The van der Waals surface area contributed by atoms with Crippen molar-refractivity contribution >= 4 is 11.6 Å². The van der Waals surface area contributed by atoms with Crippen molar-refractivity contribution in [2.75, 3.05) is 12.4 Å². The molecule has 0 aliphatic rings. The van der Waals surface area contributed by atoms with Crippen LogP contribution in [0.4, 0.5) is 23.2 Å². The standard InChI is InChI=1S/C15H15F4N3O3/c1-9-11(20-13(24)14(16,25-3)15(17,18)19)12(23)22(21(9)2)10-7-5-4-6-8-10/h4-8H,1-3H3,(H,20,24)/t14-/m1/s1. The number of rotatable bonds is 4. The van der Waals surface area contributed by atoms with Crippen LogP contribution in [-0.4, -0.2) is 34.4 Å². The van der Waals surface area contributed by atoms with Gasteiger partial charge in [-0.3, -0.25) is 14.3 Å². The molecule has 1 N–H and O–H groups in total. The van der Waals surface area contributed by atoms with Gasteiger partial charge in [-0.15, -0.1) is 0 Å². The summed E-state index contributed by atoms with van der Waals surface area (Å²) in [5.41, 5.74) is -0.713. The van der Waals surface area contributed by atoms with Crippen molar-refractivity contribution in [2.45, 2.75) is 19.0 Å². The maximum Gasteiger partial charge on any atom is 0.458 e. The number of para-hydroxylation sites is 1. The first-order chi connectivity index (χ1) is 11.5. The molecule has 0 saturated carbocycles. The summed E-state index contributed by atoms with van der Waals surface area (Å²) >= 11 is 0. The minimum absolute atomic E-state index is 0.142. The van der Waals surface area contributed by atoms with Gasteiger partial charge in [-0.25, -0.2) is 4.68 Å². The lowest BCUT2D eigenvalue weighted by Gasteiger charge is -2.24. The third kappa shape index (κ3) is 3.04. The number of nitrogens with one attached hydrogen (secondary N) is 1. The molecule has 0 fully saturated rings. The minimum atomic E-state index is -5.60. The van der Waals surface area contributed by atoms with Crippen LogP contribution < -0.4 is 10.9 Å². The molecule has 1 atom stereocenters. The Bertz CT molecular complexity index is 842. The van der Waals surface area contributed by atoms with E-state index in [0.717, 1.165) is 4.68 Å². The Hall–Kier alpha value is -2.62. The summed E-state index contributed by atoms with van der Waals surface area (Å²) in [6.07, 6.45) is -5.60. The van der Waals surface area contributed by atoms with Gasteiger partial charge in [0.05, 0.1) is 11.4 Å². The molecule has 1 heterocycles. The molecule has 0 bridgehead atoms. The van der Waals surface area contributed by atoms with Crippen LogP contribution >= 0.6 is 0 Å². The van der Waals surface area contributed by atoms with Gasteiger partial charge in [0.1, 0.15) is 5.69 Å². The summed E-state index contributed by atoms with van der Waals surface area (Å²) in [5.74, 6) is -6.70. The number of methoxy groups -OCH3 is 1. The van der Waals surface area contributed by atoms with Gasteiger partial charge in [-0.2, -0.15) is 17.6 Å². The van der Waals surface area contributed by atoms with E-state index in [1.54, 1.807) is 35.6 Å². The lowest BCUT2D eigenvalue weighted by atomic mass is 10.2. The number of alkyl halides is 4. The van der Waals surface area contributed by atoms with Crippen molar-refractivity contribution in [3.63, 3.8) is 0 Å². The van der Waals surface area contributed by atoms with Gasteiger partial charge < -0.3 is 10.1 Å². The fourth-order valence-electron chi connectivity index (χ4n) is 2.24. The van der Waals surface area contributed by atoms with Gasteiger partial charge in [0.25, 0.3) is 11.5 Å². The Labute approximate surface area is 139 Å². The number of carbonyl (C=O) groups is 1. The van der Waals surface area contributed by atoms with Crippen molar-refractivity contribution in [2.24, 2.45) is 7.05 Å². The number of benzene rings is 1. The molecule has 0 aliphatic heterocycles. The molecule has 10 heteroatoms. The van der Waals surface area contributed by atoms with E-state index in [4.69, 9.17) is 0 Å². The molecule has 0 saturated heterocycles. The number of ether oxygens (including phenoxy) is 1. The number of hydrogen-bond acceptors (Lipinski definition) is 3. The molecule has 1 amide bonds. The Kier molecular flexibility index (Phi) is 4.76. The molecule has 0 spiro atoms. The first-order valence-electron chi connectivity index (χ1n) is 7.01. The Morgan fingerprint density at radius 2 is 1.72 bits per heavy atom. The molecular formula is C15H15F4N3O3. The van der Waals surface area contributed by atoms with Gasteiger partial charge in [0.15, 0.2) is 0 Å². The lowest BCUT2D eigenvalue weighted by Crippen LogP contribution is -2.53. The first-order valence-corrected chi connectivity index (χ1v) is 7.01. The highest BCUT2D eigenvalue weighted by molar-refractivity contribution is 5.97. The highest BCUT2D eigenvalue weighted by Crippen LogP contribution is 2.35. The van der Waals surface area contributed by atoms with Crippen molar-refractivity contribution in [1.82, 2.24) is 9.36 Å². The maximum absolute atomic E-state index is 13.9. The van der Waals surface area contributed by atoms with Crippen LogP contribution in [-0.2, 0) is 16.6 Å². The Morgan fingerprint density at radius 3 is 2.20 bits per heavy atom. The van der Waals surface area contributed by atoms with Crippen molar-refractivity contribution < 1.29 is 27.1 Å². The average molecular weight is 361 g/mol. The van der Waals surface area contributed by atoms with E-state index < -0.39 is 29.2 Å². The molecule has 2 rings (SSSR count). The summed E-state index contributed by atoms with van der Waals surface area (Å²) in [6.45, 7) is 1.40. The monoisotopic (exact) mass is 361 g/mol. The Balaban J connectivity index is 2.49. The molecule has 2 aromatic rings. The average Bonchev–Trinajstić information content (AvgIpc) is 2.77. The maximum atomic E-state index is 13.9. The normalized spacial score (nSPS) is 14.2. The van der Waals surface area contributed by atoms with Gasteiger partial charge in [0.2, 0.25) is 0 Å². The molecule has 0 radical (unpaired) electrons. The minimum Gasteiger partial charge on any atom is -0.335 e. The second-order valence-electron chi connectivity index (χ2n) is 5.19. The fourth-order valence-corrected chi connectivity index (χ4v) is 2.24. The molecular weight excluding hydrogens is 346 g/mol. The second-order valence-corrected chi connectivity index (χ2v) is 5.19. The Morgan fingerprint density at radius 1 is 1.16 bits per heavy atom. The van der Waals surface area contributed by atoms with Crippen LogP contribution in [0.5, 0.6) is 0 Å². The van der Waals surface area contributed by atoms with E-state index in [1.807, 2.05) is 0 Å². The van der Waals surface area contributed by atoms with E-state index in [1.165, 1.54) is 18.7 Å². The number of halogens is 4. The van der Waals surface area contributed by atoms with Gasteiger partial charge in [0, 0.05) is 14.2 Å². The third-order valence-electron chi connectivity index (χ3n) is 3.73. The summed E-state index contributed by atoms with van der Waals surface area (Å²) in [6, 6.07) is 8.22. The van der Waals surface area contributed by atoms with Crippen LogP contribution in [0, 0.1) is 6.92 Å². The van der Waals surface area contributed by atoms with Gasteiger partial charge >= 0.3 is 12.0 Å². The second kappa shape index (κ2) is 6.36. The number of hydrogen-bond donors (Lipinski definition) is 1. The highest BCUT2D eigenvalue weighted by atomic mass is 19.4. The molecule has 6 nitrogen and oxygen atoms in total. The van der Waals surface area contributed by atoms with Crippen LogP contribution in [0.2, 0.25) is 0 Å². The number of nitrogens with zero attached hydrogens (tertiary/aromatic N) is 2. The third-order valence-corrected chi connectivity index (χ3v) is 3.73. The zero-order chi connectivity index (χ0) is 19.0. The SMILES string of the molecule is CO[C@](F)(C(=O)Nc1c(C)n(C)n(-c2ccccc2)c1=O)C(F)(F)F. The number of aromatic nitrogens is 2. The van der Waals surface area contributed by atoms with E-state index >= 15 is 0 Å². The highest BCUT2D eigenvalue weighted by Gasteiger charge is 2.63. The van der Waals surface area contributed by atoms with E-state index in [-0.39, 0.29) is 5.69 Å². The predicted octanol–water partition coefficient (Wildman–Crippen LogP) is 2.30. The summed E-state index contributed by atoms with van der Waals surface area (Å²) < 4.78 is 58.4. The van der Waals surface area contributed by atoms with Crippen LogP contribution in [0.3, 0.4) is 0 Å². The fraction of sp³-hybridized carbons (Fsp3) is 0.333. The number of amides is 1. The summed E-state index contributed by atoms with van der Waals surface area (Å²) in [7, 11) is 1.88. The van der Waals surface area contributed by atoms with Crippen molar-refractivity contribution in [1.29, 1.82) is 0 Å². The van der Waals surface area contributed by atoms with Crippen molar-refractivity contribution in [3.05, 3.63) is 46.4 Å². The molecule has 0 aliphatic carbocycles. The van der Waals surface area contributed by atoms with E-state index in [0.29, 0.717) is 12.8 Å². The summed E-state index contributed by atoms with van der Waals surface area (Å²) in [4.78, 5) is 24.3. The topological polar surface area (TPSA) is 65.3 Å². The largest absolute Gasteiger partial charge is 0.458 e. The van der Waals surface area contributed by atoms with Crippen LogP contribution in [0.15, 0.2) is 35.1 Å². The quantitative estimate of drug-likeness (QED) is 0.850. The van der Waals surface area contributed by atoms with E-state index in [9.17, 15) is 27.2 Å². The van der Waals surface area contributed by atoms with Crippen LogP contribution in [0.1, 0.15) is 5.69 Å². The van der Waals surface area contributed by atoms with Gasteiger partial charge in [-0.05, 0) is 19.1 Å². The van der Waals surface area contributed by atoms with Crippen LogP contribution in [0.25, 0.3) is 5.69 Å².